The molecule has 192 valence electrons. The maximum absolute atomic E-state index is 13.0. The summed E-state index contributed by atoms with van der Waals surface area (Å²) >= 11 is 0. The Balaban J connectivity index is 1.92. The zero-order chi connectivity index (χ0) is 26.5. The third-order valence-electron chi connectivity index (χ3n) is 5.73. The van der Waals surface area contributed by atoms with Crippen molar-refractivity contribution in [3.63, 3.8) is 0 Å². The van der Waals surface area contributed by atoms with E-state index < -0.39 is 28.2 Å². The lowest BCUT2D eigenvalue weighted by molar-refractivity contribution is -0.133. The van der Waals surface area contributed by atoms with E-state index in [1.807, 2.05) is 0 Å². The van der Waals surface area contributed by atoms with E-state index in [1.54, 1.807) is 48.6 Å². The largest absolute Gasteiger partial charge is 0.496 e. The molecule has 0 fully saturated rings. The summed E-state index contributed by atoms with van der Waals surface area (Å²) in [5.74, 6) is -0.0442. The number of hydrogen-bond donors (Lipinski definition) is 3. The van der Waals surface area contributed by atoms with Crippen LogP contribution < -0.4 is 30.4 Å². The van der Waals surface area contributed by atoms with Gasteiger partial charge in [0.25, 0.3) is 0 Å². The highest BCUT2D eigenvalue weighted by Crippen LogP contribution is 2.40. The maximum Gasteiger partial charge on any atom is 0.332 e. The third kappa shape index (κ3) is 5.72. The molecule has 3 rings (SSSR count). The Morgan fingerprint density at radius 3 is 2.19 bits per heavy atom. The van der Waals surface area contributed by atoms with Crippen molar-refractivity contribution < 1.29 is 33.1 Å². The van der Waals surface area contributed by atoms with Crippen LogP contribution in [0.15, 0.2) is 65.2 Å². The molecular weight excluding hydrogens is 484 g/mol. The minimum Gasteiger partial charge on any atom is -0.496 e. The summed E-state index contributed by atoms with van der Waals surface area (Å²) in [7, 11) is 4.44. The van der Waals surface area contributed by atoms with Gasteiger partial charge in [-0.25, -0.2) is 4.79 Å². The van der Waals surface area contributed by atoms with Gasteiger partial charge in [0, 0.05) is 45.2 Å². The van der Waals surface area contributed by atoms with E-state index in [1.165, 1.54) is 39.9 Å². The number of rotatable bonds is 10. The van der Waals surface area contributed by atoms with E-state index in [0.717, 1.165) is 0 Å². The van der Waals surface area contributed by atoms with Gasteiger partial charge in [-0.1, -0.05) is 18.2 Å². The Morgan fingerprint density at radius 2 is 1.64 bits per heavy atom. The van der Waals surface area contributed by atoms with Crippen molar-refractivity contribution in [2.75, 3.05) is 34.2 Å². The van der Waals surface area contributed by atoms with Crippen molar-refractivity contribution in [3.05, 3.63) is 76.4 Å². The lowest BCUT2D eigenvalue weighted by Gasteiger charge is -2.32. The van der Waals surface area contributed by atoms with Crippen LogP contribution in [0.3, 0.4) is 0 Å². The van der Waals surface area contributed by atoms with Gasteiger partial charge >= 0.3 is 5.97 Å². The van der Waals surface area contributed by atoms with Gasteiger partial charge in [-0.2, -0.15) is 0 Å². The molecule has 2 aromatic carbocycles. The second kappa shape index (κ2) is 11.3. The smallest absolute Gasteiger partial charge is 0.332 e. The van der Waals surface area contributed by atoms with Crippen LogP contribution in [0.25, 0.3) is 6.08 Å². The normalized spacial score (nSPS) is 20.3. The molecule has 0 saturated carbocycles. The number of allylic oxidation sites excluding steroid dienone is 1. The molecule has 0 aliphatic heterocycles. The van der Waals surface area contributed by atoms with Crippen molar-refractivity contribution >= 4 is 22.8 Å². The fraction of sp³-hybridized carbons (Fsp3) is 0.269. The van der Waals surface area contributed by atoms with Crippen LogP contribution in [0.1, 0.15) is 17.0 Å². The number of carboxylic acid groups (broad SMARTS) is 1. The quantitative estimate of drug-likeness (QED) is 0.436. The van der Waals surface area contributed by atoms with Gasteiger partial charge in [-0.05, 0) is 24.3 Å². The molecule has 0 saturated heterocycles. The first kappa shape index (κ1) is 26.8. The molecule has 5 N–H and O–H groups in total. The third-order valence-corrected chi connectivity index (χ3v) is 6.96. The molecule has 3 unspecified atom stereocenters. The lowest BCUT2D eigenvalue weighted by atomic mass is 9.79. The predicted octanol–water partition coefficient (Wildman–Crippen LogP) is 2.79. The van der Waals surface area contributed by atoms with Crippen LogP contribution in [0.5, 0.6) is 23.0 Å². The molecule has 0 heterocycles. The number of carbonyl (C=O) groups is 1. The Labute approximate surface area is 212 Å². The van der Waals surface area contributed by atoms with Gasteiger partial charge in [0.2, 0.25) is 0 Å². The van der Waals surface area contributed by atoms with Gasteiger partial charge in [0.1, 0.15) is 23.0 Å². The van der Waals surface area contributed by atoms with Crippen LogP contribution in [0.2, 0.25) is 0 Å². The van der Waals surface area contributed by atoms with Crippen LogP contribution in [0, 0.1) is 0 Å². The second-order valence-electron chi connectivity index (χ2n) is 8.11. The van der Waals surface area contributed by atoms with E-state index in [-0.39, 0.29) is 17.0 Å². The molecule has 10 heteroatoms. The Bertz CT molecular complexity index is 1230. The molecule has 0 aromatic heterocycles. The first-order chi connectivity index (χ1) is 17.2. The number of nitrogens with two attached hydrogens (primary N) is 2. The van der Waals surface area contributed by atoms with Gasteiger partial charge in [0.05, 0.1) is 51.2 Å². The van der Waals surface area contributed by atoms with Gasteiger partial charge < -0.3 is 35.5 Å². The minimum atomic E-state index is -1.60. The molecule has 0 bridgehead atoms. The summed E-state index contributed by atoms with van der Waals surface area (Å²) in [6, 6.07) is 10.4. The van der Waals surface area contributed by atoms with Crippen molar-refractivity contribution in [3.8, 4) is 23.0 Å². The van der Waals surface area contributed by atoms with Crippen LogP contribution >= 0.6 is 0 Å². The molecule has 1 aliphatic rings. The van der Waals surface area contributed by atoms with Gasteiger partial charge in [0.15, 0.2) is 0 Å². The molecule has 9 nitrogen and oxygen atoms in total. The molecular formula is C26H30N2O7S. The van der Waals surface area contributed by atoms with Crippen LogP contribution in [-0.4, -0.2) is 55.0 Å². The first-order valence-electron chi connectivity index (χ1n) is 10.9. The summed E-state index contributed by atoms with van der Waals surface area (Å²) < 4.78 is 34.5. The second-order valence-corrected chi connectivity index (χ2v) is 9.43. The van der Waals surface area contributed by atoms with Crippen molar-refractivity contribution in [1.29, 1.82) is 0 Å². The standard InChI is InChI=1S/C26H30N2O7S/c1-32-16-11-22(34-3)17(23(12-16)35-4)9-10-36(31)15-26(28)13-19(25(29)30)24(20(27)14-26)18-7-5-6-8-21(18)33-2/h5-14,24H,15,27-28H2,1-4H3,(H,29,30)/b10-9+. The summed E-state index contributed by atoms with van der Waals surface area (Å²) in [5, 5.41) is 11.4. The number of methoxy groups -OCH3 is 4. The van der Waals surface area contributed by atoms with Crippen molar-refractivity contribution in [2.45, 2.75) is 11.5 Å². The number of benzene rings is 2. The highest BCUT2D eigenvalue weighted by atomic mass is 32.2. The van der Waals surface area contributed by atoms with E-state index in [0.29, 0.717) is 34.1 Å². The van der Waals surface area contributed by atoms with Crippen LogP contribution in [-0.2, 0) is 15.6 Å². The number of ether oxygens (including phenoxy) is 4. The monoisotopic (exact) mass is 514 g/mol. The van der Waals surface area contributed by atoms with Crippen molar-refractivity contribution in [1.82, 2.24) is 0 Å². The number of aliphatic carboxylic acids is 1. The molecule has 2 aromatic rings. The van der Waals surface area contributed by atoms with E-state index in [2.05, 4.69) is 0 Å². The molecule has 3 atom stereocenters. The highest BCUT2D eigenvalue weighted by molar-refractivity contribution is 7.88. The molecule has 0 spiro atoms. The minimum absolute atomic E-state index is 0.0125. The Morgan fingerprint density at radius 1 is 1.03 bits per heavy atom. The zero-order valence-electron chi connectivity index (χ0n) is 20.5. The van der Waals surface area contributed by atoms with Crippen molar-refractivity contribution in [2.24, 2.45) is 11.5 Å². The average molecular weight is 515 g/mol. The first-order valence-corrected chi connectivity index (χ1v) is 12.3. The molecule has 1 aliphatic carbocycles. The summed E-state index contributed by atoms with van der Waals surface area (Å²) in [6.45, 7) is 0. The lowest BCUT2D eigenvalue weighted by Crippen LogP contribution is -2.45. The molecule has 36 heavy (non-hydrogen) atoms. The zero-order valence-corrected chi connectivity index (χ0v) is 21.3. The number of carboxylic acids is 1. The fourth-order valence-corrected chi connectivity index (χ4v) is 5.19. The SMILES string of the molecule is COc1cc(OC)c(/C=C/S(=O)CC2(N)C=C(N)C(c3ccccc3OC)C(C(=O)O)=C2)c(OC)c1. The Kier molecular flexibility index (Phi) is 8.44. The Hall–Kier alpha value is -3.76. The van der Waals surface area contributed by atoms with E-state index in [9.17, 15) is 14.1 Å². The van der Waals surface area contributed by atoms with Gasteiger partial charge in [-0.15, -0.1) is 0 Å². The molecule has 0 radical (unpaired) electrons. The number of para-hydroxylation sites is 1. The van der Waals surface area contributed by atoms with Crippen LogP contribution in [0.4, 0.5) is 0 Å². The van der Waals surface area contributed by atoms with E-state index in [4.69, 9.17) is 30.4 Å². The predicted molar refractivity (Wildman–Crippen MR) is 139 cm³/mol. The summed E-state index contributed by atoms with van der Waals surface area (Å²) in [4.78, 5) is 12.2. The average Bonchev–Trinajstić information content (AvgIpc) is 2.86. The topological polar surface area (TPSA) is 143 Å². The summed E-state index contributed by atoms with van der Waals surface area (Å²) in [6.07, 6.45) is 4.56. The maximum atomic E-state index is 13.0. The number of hydrogen-bond acceptors (Lipinski definition) is 8. The van der Waals surface area contributed by atoms with E-state index >= 15 is 0 Å². The molecule has 0 amide bonds. The fourth-order valence-electron chi connectivity index (χ4n) is 4.14. The highest BCUT2D eigenvalue weighted by Gasteiger charge is 2.37. The summed E-state index contributed by atoms with van der Waals surface area (Å²) in [5.41, 5.74) is 12.9. The van der Waals surface area contributed by atoms with Gasteiger partial charge in [-0.3, -0.25) is 4.21 Å².